The van der Waals surface area contributed by atoms with Crippen LogP contribution in [0.25, 0.3) is 0 Å². The van der Waals surface area contributed by atoms with Crippen LogP contribution in [0.4, 0.5) is 0 Å². The second-order valence-corrected chi connectivity index (χ2v) is 5.33. The van der Waals surface area contributed by atoms with Crippen molar-refractivity contribution in [2.24, 2.45) is 10.8 Å². The third-order valence-corrected chi connectivity index (χ3v) is 3.20. The summed E-state index contributed by atoms with van der Waals surface area (Å²) in [5.41, 5.74) is 7.66. The molecule has 1 aromatic carbocycles. The highest BCUT2D eigenvalue weighted by Gasteiger charge is 2.14. The van der Waals surface area contributed by atoms with Crippen LogP contribution in [0.1, 0.15) is 25.8 Å². The van der Waals surface area contributed by atoms with E-state index in [1.165, 1.54) is 18.3 Å². The molecule has 0 aliphatic carbocycles. The first kappa shape index (κ1) is 19.4. The summed E-state index contributed by atoms with van der Waals surface area (Å²) in [6, 6.07) is 4.56. The maximum Gasteiger partial charge on any atom is 0.329 e. The molecule has 0 saturated heterocycles. The van der Waals surface area contributed by atoms with E-state index in [1.54, 1.807) is 13.0 Å². The van der Waals surface area contributed by atoms with Crippen LogP contribution in [0.15, 0.2) is 23.3 Å². The molecule has 0 aliphatic rings. The van der Waals surface area contributed by atoms with Gasteiger partial charge in [0, 0.05) is 6.04 Å². The minimum Gasteiger partial charge on any atom is -0.482 e. The summed E-state index contributed by atoms with van der Waals surface area (Å²) in [7, 11) is 0. The van der Waals surface area contributed by atoms with Crippen LogP contribution in [0.5, 0.6) is 5.75 Å². The Morgan fingerprint density at radius 3 is 2.67 bits per heavy atom. The van der Waals surface area contributed by atoms with Crippen molar-refractivity contribution in [1.29, 1.82) is 0 Å². The van der Waals surface area contributed by atoms with Gasteiger partial charge in [0.25, 0.3) is 5.91 Å². The van der Waals surface area contributed by atoms with Gasteiger partial charge in [0.2, 0.25) is 0 Å². The summed E-state index contributed by atoms with van der Waals surface area (Å²) in [6.07, 6.45) is 2.03. The van der Waals surface area contributed by atoms with E-state index in [1.807, 2.05) is 6.92 Å². The Morgan fingerprint density at radius 2 is 2.08 bits per heavy atom. The Bertz CT molecular complexity index is 648. The minimum absolute atomic E-state index is 0.0982. The van der Waals surface area contributed by atoms with Crippen LogP contribution in [-0.4, -0.2) is 36.6 Å². The predicted molar refractivity (Wildman–Crippen MR) is 89.8 cm³/mol. The molecule has 0 spiro atoms. The van der Waals surface area contributed by atoms with Gasteiger partial charge in [-0.1, -0.05) is 18.5 Å². The largest absolute Gasteiger partial charge is 0.482 e. The zero-order valence-electron chi connectivity index (χ0n) is 13.3. The normalized spacial score (nSPS) is 11.8. The smallest absolute Gasteiger partial charge is 0.329 e. The van der Waals surface area contributed by atoms with Crippen molar-refractivity contribution in [3.8, 4) is 5.75 Å². The maximum atomic E-state index is 11.5. The number of nitrogens with one attached hydrogen (secondary N) is 2. The number of nitrogens with two attached hydrogens (primary N) is 1. The number of rotatable bonds is 7. The molecule has 1 aromatic rings. The lowest BCUT2D eigenvalue weighted by molar-refractivity contribution is -0.139. The molecule has 0 saturated carbocycles. The fourth-order valence-corrected chi connectivity index (χ4v) is 1.71. The molecule has 0 fully saturated rings. The third-order valence-electron chi connectivity index (χ3n) is 2.90. The van der Waals surface area contributed by atoms with Crippen LogP contribution in [-0.2, 0) is 14.4 Å². The summed E-state index contributed by atoms with van der Waals surface area (Å²) in [5.74, 6) is -1.94. The fraction of sp³-hybridized carbons (Fsp3) is 0.333. The fourth-order valence-electron chi connectivity index (χ4n) is 1.47. The molecule has 24 heavy (non-hydrogen) atoms. The van der Waals surface area contributed by atoms with Crippen LogP contribution < -0.4 is 21.2 Å². The number of halogens is 1. The number of carbonyl (C=O) groups excluding carboxylic acids is 3. The zero-order valence-corrected chi connectivity index (χ0v) is 14.1. The highest BCUT2D eigenvalue weighted by molar-refractivity contribution is 6.35. The van der Waals surface area contributed by atoms with Gasteiger partial charge >= 0.3 is 11.8 Å². The van der Waals surface area contributed by atoms with Gasteiger partial charge in [0.15, 0.2) is 6.61 Å². The van der Waals surface area contributed by atoms with Crippen molar-refractivity contribution in [1.82, 2.24) is 10.7 Å². The van der Waals surface area contributed by atoms with Crippen molar-refractivity contribution < 1.29 is 19.1 Å². The average Bonchev–Trinajstić information content (AvgIpc) is 2.53. The quantitative estimate of drug-likeness (QED) is 0.376. The number of primary amides is 1. The topological polar surface area (TPSA) is 123 Å². The van der Waals surface area contributed by atoms with Crippen molar-refractivity contribution in [3.05, 3.63) is 28.8 Å². The van der Waals surface area contributed by atoms with Crippen LogP contribution in [0.3, 0.4) is 0 Å². The van der Waals surface area contributed by atoms with Crippen molar-refractivity contribution in [3.63, 3.8) is 0 Å². The molecule has 0 bridgehead atoms. The lowest BCUT2D eigenvalue weighted by atomic mass is 10.2. The first-order valence-electron chi connectivity index (χ1n) is 7.18. The van der Waals surface area contributed by atoms with E-state index in [9.17, 15) is 14.4 Å². The summed E-state index contributed by atoms with van der Waals surface area (Å²) >= 11 is 5.99. The lowest BCUT2D eigenvalue weighted by Gasteiger charge is -2.09. The van der Waals surface area contributed by atoms with E-state index >= 15 is 0 Å². The Kier molecular flexibility index (Phi) is 7.70. The highest BCUT2D eigenvalue weighted by atomic mass is 35.5. The molecule has 9 heteroatoms. The molecule has 1 atom stereocenters. The molecule has 4 N–H and O–H groups in total. The van der Waals surface area contributed by atoms with Crippen molar-refractivity contribution in [2.45, 2.75) is 26.3 Å². The standard InChI is InChI=1S/C15H19ClN4O4/c1-3-9(2)19-14(22)15(23)20-18-7-10-4-5-12(11(16)6-10)24-8-13(17)21/h4-7,9H,3,8H2,1-2H3,(H2,17,21)(H,19,22)(H,20,23)/b18-7-/t9-/m0/s1. The summed E-state index contributed by atoms with van der Waals surface area (Å²) in [6.45, 7) is 3.40. The Hall–Kier alpha value is -2.61. The monoisotopic (exact) mass is 354 g/mol. The number of carbonyl (C=O) groups is 3. The van der Waals surface area contributed by atoms with E-state index in [0.29, 0.717) is 17.7 Å². The van der Waals surface area contributed by atoms with Gasteiger partial charge in [-0.15, -0.1) is 0 Å². The molecule has 130 valence electrons. The van der Waals surface area contributed by atoms with Crippen LogP contribution in [0, 0.1) is 0 Å². The second kappa shape index (κ2) is 9.51. The number of amides is 3. The summed E-state index contributed by atoms with van der Waals surface area (Å²) < 4.78 is 5.10. The SMILES string of the molecule is CC[C@H](C)NC(=O)C(=O)N/N=C\c1ccc(OCC(N)=O)c(Cl)c1. The molecular formula is C15H19ClN4O4. The number of hydrazone groups is 1. The molecule has 8 nitrogen and oxygen atoms in total. The Balaban J connectivity index is 2.58. The van der Waals surface area contributed by atoms with Gasteiger partial charge in [0.05, 0.1) is 11.2 Å². The molecule has 1 rings (SSSR count). The van der Waals surface area contributed by atoms with Gasteiger partial charge in [-0.2, -0.15) is 5.10 Å². The van der Waals surface area contributed by atoms with Gasteiger partial charge in [0.1, 0.15) is 5.75 Å². The molecule has 0 heterocycles. The molecule has 0 radical (unpaired) electrons. The Labute approximate surface area is 144 Å². The third kappa shape index (κ3) is 6.66. The average molecular weight is 355 g/mol. The van der Waals surface area contributed by atoms with E-state index in [2.05, 4.69) is 15.8 Å². The molecular weight excluding hydrogens is 336 g/mol. The second-order valence-electron chi connectivity index (χ2n) is 4.93. The molecule has 3 amide bonds. The number of nitrogens with zero attached hydrogens (tertiary/aromatic N) is 1. The Morgan fingerprint density at radius 1 is 1.38 bits per heavy atom. The first-order chi connectivity index (χ1) is 11.3. The summed E-state index contributed by atoms with van der Waals surface area (Å²) in [4.78, 5) is 33.7. The van der Waals surface area contributed by atoms with Gasteiger partial charge in [-0.25, -0.2) is 5.43 Å². The van der Waals surface area contributed by atoms with E-state index in [0.717, 1.165) is 0 Å². The van der Waals surface area contributed by atoms with Gasteiger partial charge in [-0.05, 0) is 37.1 Å². The van der Waals surface area contributed by atoms with Crippen molar-refractivity contribution in [2.75, 3.05) is 6.61 Å². The van der Waals surface area contributed by atoms with Gasteiger partial charge in [-0.3, -0.25) is 14.4 Å². The molecule has 0 unspecified atom stereocenters. The highest BCUT2D eigenvalue weighted by Crippen LogP contribution is 2.24. The predicted octanol–water partition coefficient (Wildman–Crippen LogP) is 0.569. The van der Waals surface area contributed by atoms with E-state index in [-0.39, 0.29) is 17.7 Å². The number of benzene rings is 1. The number of hydrogen-bond acceptors (Lipinski definition) is 5. The first-order valence-corrected chi connectivity index (χ1v) is 7.55. The maximum absolute atomic E-state index is 11.5. The zero-order chi connectivity index (χ0) is 18.1. The number of ether oxygens (including phenoxy) is 1. The van der Waals surface area contributed by atoms with Gasteiger partial charge < -0.3 is 15.8 Å². The minimum atomic E-state index is -0.862. The van der Waals surface area contributed by atoms with Crippen LogP contribution >= 0.6 is 11.6 Å². The molecule has 0 aromatic heterocycles. The van der Waals surface area contributed by atoms with Crippen LogP contribution in [0.2, 0.25) is 5.02 Å². The number of hydrogen-bond donors (Lipinski definition) is 3. The van der Waals surface area contributed by atoms with E-state index in [4.69, 9.17) is 22.1 Å². The van der Waals surface area contributed by atoms with E-state index < -0.39 is 17.7 Å². The summed E-state index contributed by atoms with van der Waals surface area (Å²) in [5, 5.41) is 6.45. The lowest BCUT2D eigenvalue weighted by Crippen LogP contribution is -2.41. The van der Waals surface area contributed by atoms with Crippen molar-refractivity contribution >= 4 is 35.5 Å². The molecule has 0 aliphatic heterocycles.